The maximum atomic E-state index is 12.2. The van der Waals surface area contributed by atoms with Gasteiger partial charge in [-0.2, -0.15) is 0 Å². The Balaban J connectivity index is 1.43. The Bertz CT molecular complexity index is 1150. The monoisotopic (exact) mass is 525 g/mol. The number of benzene rings is 2. The van der Waals surface area contributed by atoms with E-state index in [1.807, 2.05) is 48.8 Å². The molecule has 2 atom stereocenters. The highest BCUT2D eigenvalue weighted by atomic mass is 79.9. The Kier molecular flexibility index (Phi) is 7.50. The number of imidazole rings is 1. The fourth-order valence-electron chi connectivity index (χ4n) is 3.85. The Labute approximate surface area is 208 Å². The number of rotatable bonds is 9. The summed E-state index contributed by atoms with van der Waals surface area (Å²) in [5, 5.41) is 0. The molecule has 0 aliphatic carbocycles. The third-order valence-corrected chi connectivity index (χ3v) is 6.00. The van der Waals surface area contributed by atoms with Gasteiger partial charge in [-0.1, -0.05) is 22.0 Å². The van der Waals surface area contributed by atoms with Gasteiger partial charge in [0.25, 0.3) is 0 Å². The zero-order valence-electron chi connectivity index (χ0n) is 19.5. The van der Waals surface area contributed by atoms with Crippen LogP contribution in [-0.2, 0) is 21.8 Å². The van der Waals surface area contributed by atoms with Crippen LogP contribution in [0.5, 0.6) is 5.75 Å². The van der Waals surface area contributed by atoms with Crippen LogP contribution in [0, 0.1) is 6.92 Å². The molecule has 2 aromatic carbocycles. The van der Waals surface area contributed by atoms with Crippen molar-refractivity contribution >= 4 is 21.7 Å². The summed E-state index contributed by atoms with van der Waals surface area (Å²) in [5.41, 5.74) is 2.65. The molecule has 0 radical (unpaired) electrons. The van der Waals surface area contributed by atoms with Crippen LogP contribution in [0.25, 0.3) is 0 Å². The normalized spacial score (nSPS) is 20.1. The molecule has 0 N–H and O–H groups in total. The van der Waals surface area contributed by atoms with Gasteiger partial charge in [0.05, 0.1) is 19.5 Å². The summed E-state index contributed by atoms with van der Waals surface area (Å²) in [4.78, 5) is 18.2. The predicted molar refractivity (Wildman–Crippen MR) is 133 cm³/mol. The number of ketones is 1. The van der Waals surface area contributed by atoms with E-state index in [2.05, 4.69) is 27.0 Å². The number of allylic oxidation sites excluding steroid dienone is 1. The zero-order valence-corrected chi connectivity index (χ0v) is 21.1. The second kappa shape index (κ2) is 10.5. The first-order valence-corrected chi connectivity index (χ1v) is 11.8. The van der Waals surface area contributed by atoms with E-state index < -0.39 is 5.79 Å². The lowest BCUT2D eigenvalue weighted by molar-refractivity contribution is -0.189. The molecule has 2 unspecified atom stereocenters. The van der Waals surface area contributed by atoms with Gasteiger partial charge in [0.15, 0.2) is 5.78 Å². The number of carbonyl (C=O) groups is 1. The molecule has 178 valence electrons. The summed E-state index contributed by atoms with van der Waals surface area (Å²) >= 11 is 3.53. The molecule has 3 aromatic rings. The number of hydrogen-bond donors (Lipinski definition) is 0. The summed E-state index contributed by atoms with van der Waals surface area (Å²) in [6.45, 7) is 3.25. The molecule has 1 fully saturated rings. The Morgan fingerprint density at radius 2 is 2.09 bits per heavy atom. The average molecular weight is 526 g/mol. The van der Waals surface area contributed by atoms with Crippen molar-refractivity contribution < 1.29 is 19.0 Å². The van der Waals surface area contributed by atoms with Crippen molar-refractivity contribution in [3.05, 3.63) is 94.6 Å². The van der Waals surface area contributed by atoms with Crippen molar-refractivity contribution in [2.24, 2.45) is 0 Å². The predicted octanol–water partition coefficient (Wildman–Crippen LogP) is 4.56. The Hall–Kier alpha value is -2.94. The van der Waals surface area contributed by atoms with Crippen LogP contribution in [0.4, 0.5) is 0 Å². The third-order valence-electron chi connectivity index (χ3n) is 5.51. The fourth-order valence-corrected chi connectivity index (χ4v) is 4.32. The van der Waals surface area contributed by atoms with E-state index in [4.69, 9.17) is 14.2 Å². The SMILES string of the molecule is Cc1cc(Br)ccc1C1(Cn2ccnc2)OCC(COc2ccc(C(=O)/C=C/N(C)C)cc2)O1. The topological polar surface area (TPSA) is 65.8 Å². The fraction of sp³-hybridized carbons (Fsp3) is 0.308. The highest BCUT2D eigenvalue weighted by Crippen LogP contribution is 2.38. The highest BCUT2D eigenvalue weighted by Gasteiger charge is 2.44. The lowest BCUT2D eigenvalue weighted by Gasteiger charge is -2.30. The van der Waals surface area contributed by atoms with Crippen molar-refractivity contribution in [3.8, 4) is 5.75 Å². The third kappa shape index (κ3) is 5.75. The van der Waals surface area contributed by atoms with Gasteiger partial charge < -0.3 is 23.7 Å². The second-order valence-corrected chi connectivity index (χ2v) is 9.39. The van der Waals surface area contributed by atoms with Gasteiger partial charge in [-0.15, -0.1) is 0 Å². The van der Waals surface area contributed by atoms with Gasteiger partial charge in [0, 0.05) is 54.4 Å². The molecule has 34 heavy (non-hydrogen) atoms. The minimum absolute atomic E-state index is 0.0538. The van der Waals surface area contributed by atoms with Crippen LogP contribution in [-0.4, -0.2) is 53.6 Å². The van der Waals surface area contributed by atoms with E-state index in [1.54, 1.807) is 49.1 Å². The van der Waals surface area contributed by atoms with Crippen LogP contribution in [0.1, 0.15) is 21.5 Å². The molecule has 0 bridgehead atoms. The van der Waals surface area contributed by atoms with Gasteiger partial charge in [0.2, 0.25) is 5.79 Å². The number of nitrogens with zero attached hydrogens (tertiary/aromatic N) is 3. The van der Waals surface area contributed by atoms with Crippen LogP contribution in [0.15, 0.2) is 77.9 Å². The van der Waals surface area contributed by atoms with E-state index >= 15 is 0 Å². The lowest BCUT2D eigenvalue weighted by Crippen LogP contribution is -2.35. The number of ether oxygens (including phenoxy) is 3. The molecule has 0 amide bonds. The molecule has 0 spiro atoms. The quantitative estimate of drug-likeness (QED) is 0.301. The van der Waals surface area contributed by atoms with E-state index in [9.17, 15) is 4.79 Å². The molecule has 7 nitrogen and oxygen atoms in total. The van der Waals surface area contributed by atoms with Gasteiger partial charge in [-0.05, 0) is 48.9 Å². The minimum atomic E-state index is -0.936. The molecule has 1 aromatic heterocycles. The van der Waals surface area contributed by atoms with Crippen LogP contribution in [0.3, 0.4) is 0 Å². The van der Waals surface area contributed by atoms with Gasteiger partial charge in [-0.3, -0.25) is 4.79 Å². The molecule has 2 heterocycles. The lowest BCUT2D eigenvalue weighted by atomic mass is 10.00. The zero-order chi connectivity index (χ0) is 24.1. The minimum Gasteiger partial charge on any atom is -0.491 e. The van der Waals surface area contributed by atoms with E-state index in [0.29, 0.717) is 31.1 Å². The Morgan fingerprint density at radius 3 is 2.76 bits per heavy atom. The molecule has 0 saturated carbocycles. The summed E-state index contributed by atoms with van der Waals surface area (Å²) in [7, 11) is 3.75. The van der Waals surface area contributed by atoms with Crippen LogP contribution >= 0.6 is 15.9 Å². The number of halogens is 1. The van der Waals surface area contributed by atoms with Gasteiger partial charge in [0.1, 0.15) is 18.5 Å². The smallest absolute Gasteiger partial charge is 0.214 e. The highest BCUT2D eigenvalue weighted by molar-refractivity contribution is 9.10. The molecular formula is C26H28BrN3O4. The average Bonchev–Trinajstić information content (AvgIpc) is 3.47. The standard InChI is InChI=1S/C26H28BrN3O4/c1-19-14-21(27)6-9-24(19)26(17-30-13-11-28-18-30)33-16-23(34-26)15-32-22-7-4-20(5-8-22)25(31)10-12-29(2)3/h4-14,18,23H,15-17H2,1-3H3/b12-10+. The molecule has 1 aliphatic heterocycles. The molecule has 1 saturated heterocycles. The first kappa shape index (κ1) is 24.2. The summed E-state index contributed by atoms with van der Waals surface area (Å²) < 4.78 is 21.7. The molecule has 4 rings (SSSR count). The van der Waals surface area contributed by atoms with E-state index in [1.165, 1.54) is 0 Å². The number of hydrogen-bond acceptors (Lipinski definition) is 6. The molecule has 1 aliphatic rings. The van der Waals surface area contributed by atoms with Crippen LogP contribution in [0.2, 0.25) is 0 Å². The second-order valence-electron chi connectivity index (χ2n) is 8.48. The first-order valence-electron chi connectivity index (χ1n) is 11.0. The van der Waals surface area contributed by atoms with Crippen molar-refractivity contribution in [2.75, 3.05) is 27.3 Å². The molecular weight excluding hydrogens is 498 g/mol. The van der Waals surface area contributed by atoms with Gasteiger partial charge in [-0.25, -0.2) is 4.98 Å². The summed E-state index contributed by atoms with van der Waals surface area (Å²) in [5.74, 6) is -0.320. The number of aryl methyl sites for hydroxylation is 1. The largest absolute Gasteiger partial charge is 0.491 e. The van der Waals surface area contributed by atoms with Crippen molar-refractivity contribution in [1.29, 1.82) is 0 Å². The number of aromatic nitrogens is 2. The van der Waals surface area contributed by atoms with E-state index in [-0.39, 0.29) is 11.9 Å². The van der Waals surface area contributed by atoms with Crippen molar-refractivity contribution in [2.45, 2.75) is 25.4 Å². The number of carbonyl (C=O) groups excluding carboxylic acids is 1. The maximum absolute atomic E-state index is 12.2. The molecule has 8 heteroatoms. The Morgan fingerprint density at radius 1 is 1.29 bits per heavy atom. The summed E-state index contributed by atoms with van der Waals surface area (Å²) in [6, 6.07) is 13.2. The first-order chi connectivity index (χ1) is 16.3. The maximum Gasteiger partial charge on any atom is 0.214 e. The van der Waals surface area contributed by atoms with Crippen molar-refractivity contribution in [1.82, 2.24) is 14.5 Å². The van der Waals surface area contributed by atoms with Crippen LogP contribution < -0.4 is 4.74 Å². The van der Waals surface area contributed by atoms with Crippen molar-refractivity contribution in [3.63, 3.8) is 0 Å². The van der Waals surface area contributed by atoms with Gasteiger partial charge >= 0.3 is 0 Å². The van der Waals surface area contributed by atoms with E-state index in [0.717, 1.165) is 15.6 Å². The summed E-state index contributed by atoms with van der Waals surface area (Å²) in [6.07, 6.45) is 8.40.